The number of carbonyl (C=O) groups is 4. The summed E-state index contributed by atoms with van der Waals surface area (Å²) in [6.45, 7) is 1.27. The summed E-state index contributed by atoms with van der Waals surface area (Å²) in [6, 6.07) is 5.24. The van der Waals surface area contributed by atoms with E-state index in [1.165, 1.54) is 18.2 Å². The lowest BCUT2D eigenvalue weighted by atomic mass is 9.85. The van der Waals surface area contributed by atoms with E-state index in [-0.39, 0.29) is 30.5 Å². The van der Waals surface area contributed by atoms with Gasteiger partial charge in [-0.25, -0.2) is 4.98 Å². The van der Waals surface area contributed by atoms with E-state index in [9.17, 15) is 19.2 Å². The number of aromatic nitrogens is 2. The van der Waals surface area contributed by atoms with E-state index in [4.69, 9.17) is 10.5 Å². The molecule has 2 saturated heterocycles. The normalized spacial score (nSPS) is 21.2. The van der Waals surface area contributed by atoms with Gasteiger partial charge < -0.3 is 20.3 Å². The van der Waals surface area contributed by atoms with E-state index in [1.54, 1.807) is 12.1 Å². The Morgan fingerprint density at radius 1 is 1.19 bits per heavy atom. The zero-order chi connectivity index (χ0) is 25.4. The number of ketones is 1. The molecule has 5 rings (SSSR count). The van der Waals surface area contributed by atoms with Crippen molar-refractivity contribution in [3.05, 3.63) is 41.1 Å². The molecule has 36 heavy (non-hydrogen) atoms. The Balaban J connectivity index is 1.40. The molecule has 1 aromatic carbocycles. The Morgan fingerprint density at radius 2 is 1.97 bits per heavy atom. The second kappa shape index (κ2) is 8.96. The van der Waals surface area contributed by atoms with Gasteiger partial charge in [-0.05, 0) is 17.7 Å². The van der Waals surface area contributed by atoms with Crippen LogP contribution < -0.4 is 20.7 Å². The van der Waals surface area contributed by atoms with Crippen LogP contribution >= 0.6 is 0 Å². The van der Waals surface area contributed by atoms with E-state index in [1.807, 2.05) is 11.0 Å². The average Bonchev–Trinajstić information content (AvgIpc) is 3.32. The molecule has 1 atom stereocenters. The van der Waals surface area contributed by atoms with Gasteiger partial charge in [-0.15, -0.1) is 0 Å². The molecule has 0 bridgehead atoms. The molecule has 2 fully saturated rings. The molecule has 11 heteroatoms. The number of nitrogens with one attached hydrogen (secondary N) is 1. The number of hydrogen-bond donors (Lipinski definition) is 2. The molecule has 0 unspecified atom stereocenters. The van der Waals surface area contributed by atoms with E-state index in [0.29, 0.717) is 55.3 Å². The number of hydrogen-bond acceptors (Lipinski definition) is 9. The maximum Gasteiger partial charge on any atom is 0.254 e. The molecule has 0 spiro atoms. The first-order chi connectivity index (χ1) is 17.3. The van der Waals surface area contributed by atoms with Crippen molar-refractivity contribution in [3.63, 3.8) is 0 Å². The molecule has 1 aromatic heterocycles. The standard InChI is InChI=1S/C25H24N6O5/c1-36-18-3-2-16-13-31(22(34)19(16)10-18)14-25(11-20(33)28-23(25)35)7-4-15-12-27-24(29-21(15)26)30-8-5-17(32)6-9-30/h2-3,10,12H,5-6,8-9,11,13-14H2,1H3,(H2,26,27,29)(H,28,33,35)/t25-/m1/s1. The van der Waals surface area contributed by atoms with Crippen LogP contribution in [0.4, 0.5) is 11.8 Å². The maximum atomic E-state index is 13.1. The topological polar surface area (TPSA) is 148 Å². The van der Waals surface area contributed by atoms with Crippen LogP contribution in [0.25, 0.3) is 0 Å². The number of anilines is 2. The summed E-state index contributed by atoms with van der Waals surface area (Å²) in [7, 11) is 1.52. The third-order valence-electron chi connectivity index (χ3n) is 6.65. The van der Waals surface area contributed by atoms with Gasteiger partial charge in [0, 0.05) is 44.6 Å². The lowest BCUT2D eigenvalue weighted by molar-refractivity contribution is -0.127. The second-order valence-electron chi connectivity index (χ2n) is 9.07. The number of fused-ring (bicyclic) bond motifs is 1. The van der Waals surface area contributed by atoms with Crippen molar-refractivity contribution >= 4 is 35.3 Å². The van der Waals surface area contributed by atoms with Crippen LogP contribution in [-0.2, 0) is 20.9 Å². The predicted molar refractivity (Wildman–Crippen MR) is 128 cm³/mol. The van der Waals surface area contributed by atoms with Gasteiger partial charge in [-0.2, -0.15) is 4.98 Å². The number of ether oxygens (including phenoxy) is 1. The third-order valence-corrected chi connectivity index (χ3v) is 6.65. The molecule has 3 aliphatic heterocycles. The molecule has 3 N–H and O–H groups in total. The van der Waals surface area contributed by atoms with Gasteiger partial charge in [0.05, 0.1) is 25.3 Å². The van der Waals surface area contributed by atoms with Gasteiger partial charge in [0.2, 0.25) is 17.8 Å². The number of rotatable bonds is 4. The van der Waals surface area contributed by atoms with Crippen LogP contribution in [0.1, 0.15) is 40.7 Å². The molecule has 2 aromatic rings. The molecule has 3 aliphatic rings. The number of imide groups is 1. The molecule has 4 heterocycles. The minimum atomic E-state index is -1.43. The maximum absolute atomic E-state index is 13.1. The first-order valence-corrected chi connectivity index (χ1v) is 11.5. The van der Waals surface area contributed by atoms with Crippen molar-refractivity contribution in [2.45, 2.75) is 25.8 Å². The highest BCUT2D eigenvalue weighted by Crippen LogP contribution is 2.33. The van der Waals surface area contributed by atoms with Crippen molar-refractivity contribution in [1.29, 1.82) is 0 Å². The van der Waals surface area contributed by atoms with Crippen LogP contribution in [0.5, 0.6) is 5.75 Å². The highest BCUT2D eigenvalue weighted by Gasteiger charge is 2.48. The van der Waals surface area contributed by atoms with Crippen molar-refractivity contribution < 1.29 is 23.9 Å². The highest BCUT2D eigenvalue weighted by molar-refractivity contribution is 6.08. The molecule has 0 radical (unpaired) electrons. The number of nitrogen functional groups attached to an aromatic ring is 1. The quantitative estimate of drug-likeness (QED) is 0.457. The fraction of sp³-hybridized carbons (Fsp3) is 0.360. The number of Topliss-reactive ketones (excluding diaryl/α,β-unsaturated/α-hetero) is 1. The monoisotopic (exact) mass is 488 g/mol. The lowest BCUT2D eigenvalue weighted by Gasteiger charge is -2.26. The van der Waals surface area contributed by atoms with Crippen LogP contribution in [0.2, 0.25) is 0 Å². The zero-order valence-electron chi connectivity index (χ0n) is 19.7. The summed E-state index contributed by atoms with van der Waals surface area (Å²) in [5.41, 5.74) is 6.30. The summed E-state index contributed by atoms with van der Waals surface area (Å²) in [4.78, 5) is 61.6. The first kappa shape index (κ1) is 23.3. The fourth-order valence-electron chi connectivity index (χ4n) is 4.61. The minimum Gasteiger partial charge on any atom is -0.497 e. The van der Waals surface area contributed by atoms with E-state index in [0.717, 1.165) is 5.56 Å². The molecule has 0 aliphatic carbocycles. The molecular weight excluding hydrogens is 464 g/mol. The van der Waals surface area contributed by atoms with Crippen LogP contribution in [0.3, 0.4) is 0 Å². The number of amides is 3. The van der Waals surface area contributed by atoms with Gasteiger partial charge in [0.1, 0.15) is 22.8 Å². The Bertz CT molecular complexity index is 1350. The Morgan fingerprint density at radius 3 is 2.64 bits per heavy atom. The van der Waals surface area contributed by atoms with Crippen molar-refractivity contribution in [2.24, 2.45) is 5.41 Å². The van der Waals surface area contributed by atoms with Gasteiger partial charge >= 0.3 is 0 Å². The average molecular weight is 489 g/mol. The predicted octanol–water partition coefficient (Wildman–Crippen LogP) is 0.277. The fourth-order valence-corrected chi connectivity index (χ4v) is 4.61. The van der Waals surface area contributed by atoms with Crippen LogP contribution in [0, 0.1) is 17.3 Å². The lowest BCUT2D eigenvalue weighted by Crippen LogP contribution is -2.42. The molecule has 184 valence electrons. The zero-order valence-corrected chi connectivity index (χ0v) is 19.7. The Labute approximate surface area is 207 Å². The van der Waals surface area contributed by atoms with Crippen molar-refractivity contribution in [3.8, 4) is 17.6 Å². The summed E-state index contributed by atoms with van der Waals surface area (Å²) in [6.07, 6.45) is 2.15. The summed E-state index contributed by atoms with van der Waals surface area (Å²) < 4.78 is 5.21. The molecule has 0 saturated carbocycles. The van der Waals surface area contributed by atoms with Gasteiger partial charge in [-0.3, -0.25) is 24.5 Å². The van der Waals surface area contributed by atoms with Crippen LogP contribution in [-0.4, -0.2) is 65.1 Å². The third kappa shape index (κ3) is 4.22. The van der Waals surface area contributed by atoms with Crippen molar-refractivity contribution in [1.82, 2.24) is 20.2 Å². The molecule has 3 amide bonds. The van der Waals surface area contributed by atoms with E-state index >= 15 is 0 Å². The van der Waals surface area contributed by atoms with E-state index < -0.39 is 17.2 Å². The minimum absolute atomic E-state index is 0.0615. The Kier molecular flexibility index (Phi) is 5.80. The Hall–Kier alpha value is -4.46. The number of methoxy groups -OCH3 is 1. The number of benzene rings is 1. The number of nitrogens with two attached hydrogens (primary N) is 1. The number of nitrogens with zero attached hydrogens (tertiary/aromatic N) is 4. The molecule has 11 nitrogen and oxygen atoms in total. The van der Waals surface area contributed by atoms with E-state index in [2.05, 4.69) is 27.1 Å². The largest absolute Gasteiger partial charge is 0.497 e. The summed E-state index contributed by atoms with van der Waals surface area (Å²) in [5, 5.41) is 2.31. The summed E-state index contributed by atoms with van der Waals surface area (Å²) in [5.74, 6) is 5.80. The summed E-state index contributed by atoms with van der Waals surface area (Å²) >= 11 is 0. The highest BCUT2D eigenvalue weighted by atomic mass is 16.5. The van der Waals surface area contributed by atoms with Crippen LogP contribution in [0.15, 0.2) is 24.4 Å². The SMILES string of the molecule is COc1ccc2c(c1)C(=O)N(C[C@@]1(C#Cc3cnc(N4CCC(=O)CC4)nc3N)CC(=O)NC1=O)C2. The van der Waals surface area contributed by atoms with Crippen molar-refractivity contribution in [2.75, 3.05) is 37.4 Å². The number of carbonyl (C=O) groups excluding carboxylic acids is 4. The molecular formula is C25H24N6O5. The van der Waals surface area contributed by atoms with Gasteiger partial charge in [0.15, 0.2) is 0 Å². The smallest absolute Gasteiger partial charge is 0.254 e. The number of piperidine rings is 1. The van der Waals surface area contributed by atoms with Gasteiger partial charge in [0.25, 0.3) is 5.91 Å². The first-order valence-electron chi connectivity index (χ1n) is 11.5. The van der Waals surface area contributed by atoms with Gasteiger partial charge in [-0.1, -0.05) is 17.9 Å². The second-order valence-corrected chi connectivity index (χ2v) is 9.07.